The van der Waals surface area contributed by atoms with Gasteiger partial charge in [0, 0.05) is 16.7 Å². The Balaban J connectivity index is 1.97. The van der Waals surface area contributed by atoms with Gasteiger partial charge in [-0.25, -0.2) is 0 Å². The molecule has 0 saturated carbocycles. The Labute approximate surface area is 132 Å². The van der Waals surface area contributed by atoms with Crippen LogP contribution in [-0.2, 0) is 6.54 Å². The minimum Gasteiger partial charge on any atom is -0.329 e. The van der Waals surface area contributed by atoms with Gasteiger partial charge in [0.1, 0.15) is 0 Å². The number of pyridine rings is 1. The van der Waals surface area contributed by atoms with E-state index < -0.39 is 0 Å². The number of fused-ring (bicyclic) bond motifs is 3. The normalized spacial score (nSPS) is 22.3. The number of H-pyrrole nitrogens is 1. The van der Waals surface area contributed by atoms with E-state index in [0.717, 1.165) is 22.3 Å². The number of nitrogens with one attached hydrogen (secondary N) is 1. The molecule has 1 aliphatic rings. The predicted molar refractivity (Wildman–Crippen MR) is 92.5 cm³/mol. The Bertz CT molecular complexity index is 872. The monoisotopic (exact) mass is 315 g/mol. The van der Waals surface area contributed by atoms with Crippen LogP contribution in [0.4, 0.5) is 0 Å². The molecule has 1 aromatic carbocycles. The average Bonchev–Trinajstić information content (AvgIpc) is 3.04. The maximum absolute atomic E-state index is 5.57. The number of hydrogen-bond donors (Lipinski definition) is 1. The van der Waals surface area contributed by atoms with Crippen molar-refractivity contribution in [3.8, 4) is 0 Å². The van der Waals surface area contributed by atoms with E-state index in [0.29, 0.717) is 0 Å². The molecular formula is C16H17N3S2. The van der Waals surface area contributed by atoms with Crippen molar-refractivity contribution in [3.05, 3.63) is 35.2 Å². The number of thioether (sulfide) groups is 1. The van der Waals surface area contributed by atoms with Gasteiger partial charge in [0.05, 0.1) is 22.7 Å². The van der Waals surface area contributed by atoms with Crippen molar-refractivity contribution >= 4 is 45.9 Å². The van der Waals surface area contributed by atoms with Crippen molar-refractivity contribution in [2.24, 2.45) is 0 Å². The summed E-state index contributed by atoms with van der Waals surface area (Å²) in [4.78, 5) is 7.83. The Morgan fingerprint density at radius 3 is 3.10 bits per heavy atom. The third-order valence-electron chi connectivity index (χ3n) is 4.30. The summed E-state index contributed by atoms with van der Waals surface area (Å²) in [5.74, 6) is 1.26. The summed E-state index contributed by atoms with van der Waals surface area (Å²) < 4.78 is 3.36. The molecule has 1 aliphatic heterocycles. The Morgan fingerprint density at radius 1 is 1.43 bits per heavy atom. The van der Waals surface area contributed by atoms with Crippen LogP contribution in [-0.4, -0.2) is 25.0 Å². The Morgan fingerprint density at radius 2 is 2.29 bits per heavy atom. The summed E-state index contributed by atoms with van der Waals surface area (Å²) in [6.07, 6.45) is 4.46. The van der Waals surface area contributed by atoms with E-state index in [1.807, 2.05) is 12.3 Å². The first kappa shape index (κ1) is 13.3. The summed E-state index contributed by atoms with van der Waals surface area (Å²) in [6, 6.07) is 8.28. The zero-order chi connectivity index (χ0) is 14.4. The molecule has 0 bridgehead atoms. The molecule has 108 valence electrons. The van der Waals surface area contributed by atoms with Crippen LogP contribution in [0.25, 0.3) is 21.9 Å². The zero-order valence-corrected chi connectivity index (χ0v) is 13.6. The number of nitrogens with zero attached hydrogens (tertiary/aromatic N) is 2. The molecule has 1 atom stereocenters. The molecule has 3 nitrogen and oxygen atoms in total. The van der Waals surface area contributed by atoms with Crippen molar-refractivity contribution < 1.29 is 0 Å². The number of imidazole rings is 1. The maximum Gasteiger partial charge on any atom is 0.178 e. The van der Waals surface area contributed by atoms with Crippen molar-refractivity contribution in [1.82, 2.24) is 14.5 Å². The number of para-hydroxylation sites is 1. The van der Waals surface area contributed by atoms with Gasteiger partial charge in [-0.2, -0.15) is 11.8 Å². The first-order chi connectivity index (χ1) is 10.2. The molecule has 0 amide bonds. The molecule has 0 radical (unpaired) electrons. The number of benzene rings is 1. The highest BCUT2D eigenvalue weighted by Gasteiger charge is 2.30. The highest BCUT2D eigenvalue weighted by Crippen LogP contribution is 2.40. The number of rotatable bonds is 2. The van der Waals surface area contributed by atoms with Crippen LogP contribution in [0, 0.1) is 4.77 Å². The van der Waals surface area contributed by atoms with Crippen LogP contribution in [0.3, 0.4) is 0 Å². The van der Waals surface area contributed by atoms with Crippen LogP contribution in [0.1, 0.15) is 19.8 Å². The fraction of sp³-hybridized carbons (Fsp3) is 0.375. The molecular weight excluding hydrogens is 298 g/mol. The van der Waals surface area contributed by atoms with Crippen molar-refractivity contribution in [3.63, 3.8) is 0 Å². The summed E-state index contributed by atoms with van der Waals surface area (Å²) in [5.41, 5.74) is 3.25. The summed E-state index contributed by atoms with van der Waals surface area (Å²) in [6.45, 7) is 3.32. The highest BCUT2D eigenvalue weighted by atomic mass is 32.2. The second-order valence-corrected chi connectivity index (χ2v) is 8.03. The van der Waals surface area contributed by atoms with E-state index >= 15 is 0 Å². The smallest absolute Gasteiger partial charge is 0.178 e. The lowest BCUT2D eigenvalue weighted by molar-refractivity contribution is 0.515. The highest BCUT2D eigenvalue weighted by molar-refractivity contribution is 8.00. The topological polar surface area (TPSA) is 33.6 Å². The summed E-state index contributed by atoms with van der Waals surface area (Å²) in [5, 5.41) is 1.17. The predicted octanol–water partition coefficient (Wildman–Crippen LogP) is 4.53. The maximum atomic E-state index is 5.57. The molecule has 4 rings (SSSR count). The molecule has 0 aliphatic carbocycles. The van der Waals surface area contributed by atoms with Crippen LogP contribution >= 0.6 is 24.0 Å². The number of aromatic nitrogens is 3. The van der Waals surface area contributed by atoms with Crippen molar-refractivity contribution in [2.45, 2.75) is 31.1 Å². The van der Waals surface area contributed by atoms with Gasteiger partial charge < -0.3 is 9.55 Å². The van der Waals surface area contributed by atoms with Crippen LogP contribution in [0.2, 0.25) is 0 Å². The van der Waals surface area contributed by atoms with Gasteiger partial charge in [-0.3, -0.25) is 4.98 Å². The van der Waals surface area contributed by atoms with Gasteiger partial charge in [0.15, 0.2) is 4.77 Å². The van der Waals surface area contributed by atoms with Crippen LogP contribution < -0.4 is 0 Å². The van der Waals surface area contributed by atoms with Gasteiger partial charge in [-0.1, -0.05) is 18.2 Å². The molecule has 1 fully saturated rings. The SMILES string of the molecule is CC1(Cn2c(=S)[nH]c3cnc4ccccc4c32)CCCS1. The quantitative estimate of drug-likeness (QED) is 0.705. The van der Waals surface area contributed by atoms with E-state index in [4.69, 9.17) is 12.2 Å². The van der Waals surface area contributed by atoms with E-state index in [2.05, 4.69) is 51.4 Å². The molecule has 3 aromatic rings. The molecule has 1 N–H and O–H groups in total. The second-order valence-electron chi connectivity index (χ2n) is 5.96. The zero-order valence-electron chi connectivity index (χ0n) is 11.9. The summed E-state index contributed by atoms with van der Waals surface area (Å²) in [7, 11) is 0. The number of hydrogen-bond acceptors (Lipinski definition) is 3. The standard InChI is InChI=1S/C16H17N3S2/c1-16(7-4-8-21-16)10-19-14-11-5-2-3-6-12(11)17-9-13(14)18-15(19)20/h2-3,5-6,9H,4,7-8,10H2,1H3,(H,18,20). The third-order valence-corrected chi connectivity index (χ3v) is 6.14. The van der Waals surface area contributed by atoms with E-state index in [-0.39, 0.29) is 4.75 Å². The lowest BCUT2D eigenvalue weighted by atomic mass is 10.1. The summed E-state index contributed by atoms with van der Waals surface area (Å²) >= 11 is 7.64. The number of aromatic amines is 1. The lowest BCUT2D eigenvalue weighted by Gasteiger charge is -2.23. The Kier molecular flexibility index (Phi) is 3.08. The van der Waals surface area contributed by atoms with E-state index in [9.17, 15) is 0 Å². The van der Waals surface area contributed by atoms with E-state index in [1.54, 1.807) is 0 Å². The first-order valence-corrected chi connectivity index (χ1v) is 8.66. The third kappa shape index (κ3) is 2.19. The van der Waals surface area contributed by atoms with Crippen LogP contribution in [0.5, 0.6) is 0 Å². The van der Waals surface area contributed by atoms with Gasteiger partial charge in [0.2, 0.25) is 0 Å². The van der Waals surface area contributed by atoms with Gasteiger partial charge in [0.25, 0.3) is 0 Å². The van der Waals surface area contributed by atoms with Gasteiger partial charge >= 0.3 is 0 Å². The fourth-order valence-corrected chi connectivity index (χ4v) is 4.80. The minimum atomic E-state index is 0.289. The fourth-order valence-electron chi connectivity index (χ4n) is 3.24. The molecule has 0 spiro atoms. The molecule has 2 aromatic heterocycles. The van der Waals surface area contributed by atoms with Crippen LogP contribution in [0.15, 0.2) is 30.5 Å². The molecule has 3 heterocycles. The second kappa shape index (κ2) is 4.85. The minimum absolute atomic E-state index is 0.289. The lowest BCUT2D eigenvalue weighted by Crippen LogP contribution is -2.23. The largest absolute Gasteiger partial charge is 0.329 e. The van der Waals surface area contributed by atoms with Crippen molar-refractivity contribution in [2.75, 3.05) is 5.75 Å². The molecule has 1 unspecified atom stereocenters. The van der Waals surface area contributed by atoms with Crippen molar-refractivity contribution in [1.29, 1.82) is 0 Å². The van der Waals surface area contributed by atoms with Gasteiger partial charge in [-0.15, -0.1) is 0 Å². The Hall–Kier alpha value is -1.33. The average molecular weight is 315 g/mol. The first-order valence-electron chi connectivity index (χ1n) is 7.27. The van der Waals surface area contributed by atoms with E-state index in [1.165, 1.54) is 29.5 Å². The molecule has 5 heteroatoms. The molecule has 1 saturated heterocycles. The van der Waals surface area contributed by atoms with Gasteiger partial charge in [-0.05, 0) is 43.8 Å². The molecule has 21 heavy (non-hydrogen) atoms.